The fraction of sp³-hybridized carbons (Fsp3) is 0.386. The van der Waals surface area contributed by atoms with Crippen molar-refractivity contribution in [2.24, 2.45) is 5.92 Å². The fourth-order valence-corrected chi connectivity index (χ4v) is 9.63. The van der Waals surface area contributed by atoms with Crippen molar-refractivity contribution >= 4 is 74.9 Å². The molecule has 4 fully saturated rings. The number of hydrogen-bond acceptors (Lipinski definition) is 12. The van der Waals surface area contributed by atoms with Crippen LogP contribution in [0.15, 0.2) is 67.0 Å². The summed E-state index contributed by atoms with van der Waals surface area (Å²) in [5.41, 5.74) is 3.09. The molecule has 4 aromatic rings. The largest absolute Gasteiger partial charge is 0.494 e. The van der Waals surface area contributed by atoms with Gasteiger partial charge in [-0.1, -0.05) is 17.7 Å². The van der Waals surface area contributed by atoms with E-state index in [0.717, 1.165) is 69.0 Å². The second kappa shape index (κ2) is 16.8. The maximum atomic E-state index is 13.7. The molecule has 3 unspecified atom stereocenters. The summed E-state index contributed by atoms with van der Waals surface area (Å²) in [5, 5.41) is 8.93. The smallest absolute Gasteiger partial charge is 0.262 e. The Bertz CT molecular complexity index is 2460. The molecule has 0 saturated carbocycles. The van der Waals surface area contributed by atoms with E-state index in [2.05, 4.69) is 40.6 Å². The Labute approximate surface area is 356 Å². The number of nitrogens with zero attached hydrogens (tertiary/aromatic N) is 6. The van der Waals surface area contributed by atoms with Gasteiger partial charge >= 0.3 is 0 Å². The van der Waals surface area contributed by atoms with E-state index in [0.29, 0.717) is 69.5 Å². The predicted octanol–water partition coefficient (Wildman–Crippen LogP) is 5.14. The molecule has 3 atom stereocenters. The summed E-state index contributed by atoms with van der Waals surface area (Å²) >= 11 is 5.97. The summed E-state index contributed by atoms with van der Waals surface area (Å²) in [5.74, 6) is -1.34. The molecule has 6 heterocycles. The zero-order valence-corrected chi connectivity index (χ0v) is 34.3. The van der Waals surface area contributed by atoms with Gasteiger partial charge in [0.05, 0.1) is 34.5 Å². The van der Waals surface area contributed by atoms with Gasteiger partial charge < -0.3 is 20.3 Å². The molecule has 15 nitrogen and oxygen atoms in total. The summed E-state index contributed by atoms with van der Waals surface area (Å²) in [7, 11) is 1.52. The van der Waals surface area contributed by atoms with E-state index >= 15 is 0 Å². The van der Waals surface area contributed by atoms with Gasteiger partial charge in [-0.25, -0.2) is 14.4 Å². The first-order valence-electron chi connectivity index (χ1n) is 20.6. The van der Waals surface area contributed by atoms with Crippen molar-refractivity contribution in [2.45, 2.75) is 56.7 Å². The molecule has 9 rings (SSSR count). The van der Waals surface area contributed by atoms with Gasteiger partial charge in [-0.3, -0.25) is 44.0 Å². The molecule has 3 aromatic carbocycles. The number of carbonyl (C=O) groups excluding carboxylic acids is 5. The van der Waals surface area contributed by atoms with E-state index in [4.69, 9.17) is 16.3 Å². The van der Waals surface area contributed by atoms with E-state index in [1.165, 1.54) is 31.6 Å². The van der Waals surface area contributed by atoms with Crippen molar-refractivity contribution in [3.05, 3.63) is 89.0 Å². The zero-order chi connectivity index (χ0) is 42.4. The van der Waals surface area contributed by atoms with Crippen molar-refractivity contribution in [1.29, 1.82) is 0 Å². The third kappa shape index (κ3) is 8.14. The number of methoxy groups -OCH3 is 1. The molecular weight excluding hydrogens is 805 g/mol. The number of aromatic nitrogens is 2. The number of fused-ring (bicyclic) bond motifs is 4. The van der Waals surface area contributed by atoms with E-state index in [1.807, 2.05) is 12.1 Å². The lowest BCUT2D eigenvalue weighted by Crippen LogP contribution is -2.55. The first kappa shape index (κ1) is 40.4. The Morgan fingerprint density at radius 2 is 1.72 bits per heavy atom. The van der Waals surface area contributed by atoms with Crippen molar-refractivity contribution in [3.63, 3.8) is 0 Å². The normalized spacial score (nSPS) is 22.3. The SMILES string of the molecule is COc1cc2ncnc(Nc3ccc(F)c(Cl)c3)c2cc1NC(=O)/C=C/CN1CCC(CN2C3CCC2CN(c2ccc4c(c2)C(=O)N(C2CCC(=O)NC2=O)C4=O)C3)CC1. The average molecular weight is 850 g/mol. The van der Waals surface area contributed by atoms with Crippen LogP contribution in [0.5, 0.6) is 5.75 Å². The molecule has 316 valence electrons. The summed E-state index contributed by atoms with van der Waals surface area (Å²) in [6, 6.07) is 13.0. The molecule has 5 aliphatic rings. The maximum absolute atomic E-state index is 13.7. The Balaban J connectivity index is 0.758. The molecule has 61 heavy (non-hydrogen) atoms. The lowest BCUT2D eigenvalue weighted by atomic mass is 9.95. The second-order valence-electron chi connectivity index (χ2n) is 16.3. The molecule has 5 amide bonds. The van der Waals surface area contributed by atoms with Crippen LogP contribution in [0.25, 0.3) is 10.9 Å². The van der Waals surface area contributed by atoms with E-state index in [9.17, 15) is 28.4 Å². The van der Waals surface area contributed by atoms with Crippen LogP contribution >= 0.6 is 11.6 Å². The maximum Gasteiger partial charge on any atom is 0.262 e. The minimum atomic E-state index is -0.983. The molecule has 4 saturated heterocycles. The third-order valence-corrected chi connectivity index (χ3v) is 12.9. The number of amides is 5. The number of carbonyl (C=O) groups is 5. The summed E-state index contributed by atoms with van der Waals surface area (Å²) in [6.45, 7) is 5.25. The fourth-order valence-electron chi connectivity index (χ4n) is 9.45. The quantitative estimate of drug-likeness (QED) is 0.135. The van der Waals surface area contributed by atoms with Crippen molar-refractivity contribution in [2.75, 3.05) is 61.9 Å². The van der Waals surface area contributed by atoms with Crippen LogP contribution in [-0.2, 0) is 14.4 Å². The van der Waals surface area contributed by atoms with E-state index in [-0.39, 0.29) is 23.8 Å². The topological polar surface area (TPSA) is 169 Å². The molecule has 0 aliphatic carbocycles. The second-order valence-corrected chi connectivity index (χ2v) is 16.8. The van der Waals surface area contributed by atoms with Crippen LogP contribution in [-0.4, -0.2) is 119 Å². The number of rotatable bonds is 11. The van der Waals surface area contributed by atoms with Crippen LogP contribution in [0.3, 0.4) is 0 Å². The molecule has 0 spiro atoms. The number of benzene rings is 3. The number of anilines is 4. The number of nitrogens with one attached hydrogen (secondary N) is 3. The number of ether oxygens (including phenoxy) is 1. The van der Waals surface area contributed by atoms with Crippen molar-refractivity contribution in [3.8, 4) is 5.75 Å². The minimum Gasteiger partial charge on any atom is -0.494 e. The van der Waals surface area contributed by atoms with Crippen LogP contribution < -0.4 is 25.6 Å². The van der Waals surface area contributed by atoms with Gasteiger partial charge in [0.2, 0.25) is 17.7 Å². The van der Waals surface area contributed by atoms with Gasteiger partial charge in [0.25, 0.3) is 11.8 Å². The highest BCUT2D eigenvalue weighted by Crippen LogP contribution is 2.38. The van der Waals surface area contributed by atoms with Gasteiger partial charge in [0.15, 0.2) is 0 Å². The van der Waals surface area contributed by atoms with Crippen LogP contribution in [0.2, 0.25) is 5.02 Å². The highest BCUT2D eigenvalue weighted by molar-refractivity contribution is 6.31. The van der Waals surface area contributed by atoms with Gasteiger partial charge in [-0.05, 0) is 93.6 Å². The lowest BCUT2D eigenvalue weighted by Gasteiger charge is -2.44. The Hall–Kier alpha value is -5.97. The summed E-state index contributed by atoms with van der Waals surface area (Å²) in [6.07, 6.45) is 9.40. The Kier molecular flexibility index (Phi) is 11.2. The standard InChI is InChI=1S/C44H45ClFN9O6/c1-61-38-20-35-32(41(48-24-47-35)49-26-4-9-34(46)33(45)17-26)19-36(38)50-39(56)3-2-14-52-15-12-25(13-16-52)21-54-28-5-6-29(54)23-53(22-28)27-7-8-30-31(18-27)44(60)55(43(30)59)37-10-11-40(57)51-42(37)58/h2-4,7-9,17-20,24-25,28-29,37H,5-6,10-16,21-23H2,1H3,(H,50,56)(H,47,48,49)(H,51,57,58)/b3-2+. The number of hydrogen-bond donors (Lipinski definition) is 3. The first-order chi connectivity index (χ1) is 29.5. The highest BCUT2D eigenvalue weighted by Gasteiger charge is 2.46. The molecule has 1 aromatic heterocycles. The third-order valence-electron chi connectivity index (χ3n) is 12.6. The minimum absolute atomic E-state index is 0.0209. The summed E-state index contributed by atoms with van der Waals surface area (Å²) in [4.78, 5) is 81.0. The monoisotopic (exact) mass is 849 g/mol. The van der Waals surface area contributed by atoms with E-state index < -0.39 is 35.5 Å². The van der Waals surface area contributed by atoms with Crippen LogP contribution in [0.1, 0.15) is 59.2 Å². The zero-order valence-electron chi connectivity index (χ0n) is 33.5. The molecule has 0 radical (unpaired) electrons. The number of halogens is 2. The summed E-state index contributed by atoms with van der Waals surface area (Å²) < 4.78 is 19.3. The molecule has 5 aliphatic heterocycles. The van der Waals surface area contributed by atoms with Crippen LogP contribution in [0.4, 0.5) is 27.3 Å². The number of piperidine rings is 2. The molecule has 3 N–H and O–H groups in total. The average Bonchev–Trinajstić information content (AvgIpc) is 3.62. The van der Waals surface area contributed by atoms with Crippen LogP contribution in [0, 0.1) is 11.7 Å². The van der Waals surface area contributed by atoms with Crippen molar-refractivity contribution in [1.82, 2.24) is 30.0 Å². The lowest BCUT2D eigenvalue weighted by molar-refractivity contribution is -0.136. The highest BCUT2D eigenvalue weighted by atomic mass is 35.5. The number of imide groups is 2. The predicted molar refractivity (Wildman–Crippen MR) is 227 cm³/mol. The van der Waals surface area contributed by atoms with E-state index in [1.54, 1.807) is 30.3 Å². The first-order valence-corrected chi connectivity index (χ1v) is 21.0. The number of likely N-dealkylation sites (tertiary alicyclic amines) is 1. The Morgan fingerprint density at radius 1 is 0.951 bits per heavy atom. The van der Waals surface area contributed by atoms with Gasteiger partial charge in [0.1, 0.15) is 29.8 Å². The van der Waals surface area contributed by atoms with Gasteiger partial charge in [-0.15, -0.1) is 0 Å². The number of piperazine rings is 1. The molecule has 2 bridgehead atoms. The van der Waals surface area contributed by atoms with Gasteiger partial charge in [0, 0.05) is 73.6 Å². The van der Waals surface area contributed by atoms with Crippen molar-refractivity contribution < 1.29 is 33.1 Å². The molecule has 17 heteroatoms. The Morgan fingerprint density at radius 3 is 2.46 bits per heavy atom. The van der Waals surface area contributed by atoms with Gasteiger partial charge in [-0.2, -0.15) is 0 Å². The molecular formula is C44H45ClFN9O6.